The van der Waals surface area contributed by atoms with Crippen LogP contribution in [0.3, 0.4) is 0 Å². The predicted octanol–water partition coefficient (Wildman–Crippen LogP) is 0.509. The number of nitrogens with zero attached hydrogens (tertiary/aromatic N) is 1. The van der Waals surface area contributed by atoms with E-state index in [-0.39, 0.29) is 11.5 Å². The van der Waals surface area contributed by atoms with E-state index in [2.05, 4.69) is 9.73 Å². The van der Waals surface area contributed by atoms with Gasteiger partial charge in [-0.05, 0) is 12.8 Å². The maximum absolute atomic E-state index is 11.2. The Morgan fingerprint density at radius 3 is 2.92 bits per heavy atom. The fourth-order valence-corrected chi connectivity index (χ4v) is 1.56. The molecule has 0 bridgehead atoms. The molecule has 0 aromatic rings. The Morgan fingerprint density at radius 1 is 1.75 bits per heavy atom. The second-order valence-corrected chi connectivity index (χ2v) is 3.26. The van der Waals surface area contributed by atoms with Crippen LogP contribution in [-0.4, -0.2) is 30.6 Å². The van der Waals surface area contributed by atoms with Crippen molar-refractivity contribution in [1.29, 1.82) is 0 Å². The molecule has 1 aliphatic carbocycles. The number of carbonyl (C=O) groups is 1. The van der Waals surface area contributed by atoms with Crippen LogP contribution < -0.4 is 0 Å². The Balaban J connectivity index is 2.16. The van der Waals surface area contributed by atoms with Gasteiger partial charge in [-0.3, -0.25) is 0 Å². The second-order valence-electron chi connectivity index (χ2n) is 3.26. The summed E-state index contributed by atoms with van der Waals surface area (Å²) >= 11 is 0. The molecule has 1 fully saturated rings. The lowest BCUT2D eigenvalue weighted by Gasteiger charge is -2.12. The maximum atomic E-state index is 11.2. The third-order valence-corrected chi connectivity index (χ3v) is 2.33. The van der Waals surface area contributed by atoms with Gasteiger partial charge in [0.25, 0.3) is 0 Å². The van der Waals surface area contributed by atoms with Gasteiger partial charge < -0.3 is 9.47 Å². The summed E-state index contributed by atoms with van der Waals surface area (Å²) in [6.07, 6.45) is 1.39. The first-order chi connectivity index (χ1) is 5.68. The Morgan fingerprint density at radius 2 is 2.42 bits per heavy atom. The minimum Gasteiger partial charge on any atom is -0.466 e. The number of hydrogen-bond acceptors (Lipinski definition) is 4. The molecular weight excluding hydrogens is 158 g/mol. The molecule has 1 spiro atoms. The van der Waals surface area contributed by atoms with Gasteiger partial charge in [-0.15, -0.1) is 0 Å². The maximum Gasteiger partial charge on any atom is 0.349 e. The molecule has 66 valence electrons. The van der Waals surface area contributed by atoms with E-state index in [1.807, 2.05) is 0 Å². The summed E-state index contributed by atoms with van der Waals surface area (Å²) in [6.45, 7) is 1.77. The van der Waals surface area contributed by atoms with Crippen molar-refractivity contribution in [2.75, 3.05) is 7.11 Å². The van der Waals surface area contributed by atoms with Gasteiger partial charge in [0.2, 0.25) is 6.10 Å². The number of hydrogen-bond donors (Lipinski definition) is 0. The van der Waals surface area contributed by atoms with Gasteiger partial charge in [-0.1, -0.05) is 0 Å². The number of aliphatic imine (C=N–C) groups is 1. The summed E-state index contributed by atoms with van der Waals surface area (Å²) < 4.78 is 9.89. The second kappa shape index (κ2) is 2.21. The quantitative estimate of drug-likeness (QED) is 0.537. The number of ether oxygens (including phenoxy) is 2. The summed E-state index contributed by atoms with van der Waals surface area (Å²) in [7, 11) is 1.37. The third kappa shape index (κ3) is 0.906. The van der Waals surface area contributed by atoms with E-state index in [4.69, 9.17) is 4.74 Å². The lowest BCUT2D eigenvalue weighted by Crippen LogP contribution is -2.33. The highest BCUT2D eigenvalue weighted by Crippen LogP contribution is 2.47. The van der Waals surface area contributed by atoms with Gasteiger partial charge in [0, 0.05) is 6.92 Å². The van der Waals surface area contributed by atoms with Crippen molar-refractivity contribution in [3.05, 3.63) is 0 Å². The van der Waals surface area contributed by atoms with Crippen LogP contribution in [0.2, 0.25) is 0 Å². The number of methoxy groups -OCH3 is 1. The average Bonchev–Trinajstić information content (AvgIpc) is 2.71. The van der Waals surface area contributed by atoms with Gasteiger partial charge >= 0.3 is 5.97 Å². The Hall–Kier alpha value is -1.06. The van der Waals surface area contributed by atoms with Crippen LogP contribution in [0.1, 0.15) is 19.8 Å². The molecule has 1 saturated carbocycles. The van der Waals surface area contributed by atoms with Crippen molar-refractivity contribution >= 4 is 11.9 Å². The molecule has 0 radical (unpaired) electrons. The molecule has 4 nitrogen and oxygen atoms in total. The lowest BCUT2D eigenvalue weighted by atomic mass is 10.1. The van der Waals surface area contributed by atoms with Crippen molar-refractivity contribution in [1.82, 2.24) is 0 Å². The van der Waals surface area contributed by atoms with Crippen LogP contribution in [-0.2, 0) is 14.3 Å². The standard InChI is InChI=1S/C8H11NO3/c1-5-9-8(3-4-8)6(12-5)7(10)11-2/h6H,3-4H2,1-2H3. The highest BCUT2D eigenvalue weighted by molar-refractivity contribution is 5.86. The van der Waals surface area contributed by atoms with Crippen LogP contribution in [0.4, 0.5) is 0 Å². The topological polar surface area (TPSA) is 47.9 Å². The van der Waals surface area contributed by atoms with Crippen molar-refractivity contribution < 1.29 is 14.3 Å². The van der Waals surface area contributed by atoms with E-state index in [1.165, 1.54) is 7.11 Å². The normalized spacial score (nSPS) is 29.5. The summed E-state index contributed by atoms with van der Waals surface area (Å²) in [5, 5.41) is 0. The first kappa shape index (κ1) is 7.58. The fraction of sp³-hybridized carbons (Fsp3) is 0.750. The van der Waals surface area contributed by atoms with E-state index in [0.717, 1.165) is 12.8 Å². The van der Waals surface area contributed by atoms with E-state index in [0.29, 0.717) is 5.90 Å². The minimum atomic E-state index is -0.484. The molecule has 1 unspecified atom stereocenters. The first-order valence-corrected chi connectivity index (χ1v) is 3.99. The van der Waals surface area contributed by atoms with Crippen LogP contribution in [0.15, 0.2) is 4.99 Å². The largest absolute Gasteiger partial charge is 0.466 e. The fourth-order valence-electron chi connectivity index (χ4n) is 1.56. The molecular formula is C8H11NO3. The molecule has 2 rings (SSSR count). The van der Waals surface area contributed by atoms with E-state index in [9.17, 15) is 4.79 Å². The van der Waals surface area contributed by atoms with E-state index < -0.39 is 6.10 Å². The number of esters is 1. The monoisotopic (exact) mass is 169 g/mol. The summed E-state index contributed by atoms with van der Waals surface area (Å²) in [5.41, 5.74) is -0.253. The van der Waals surface area contributed by atoms with E-state index >= 15 is 0 Å². The molecule has 0 N–H and O–H groups in total. The zero-order valence-electron chi connectivity index (χ0n) is 7.16. The Kier molecular flexibility index (Phi) is 1.40. The SMILES string of the molecule is COC(=O)C1OC(C)=NC12CC2. The zero-order valence-corrected chi connectivity index (χ0v) is 7.16. The molecule has 0 saturated heterocycles. The van der Waals surface area contributed by atoms with Crippen molar-refractivity contribution in [3.8, 4) is 0 Å². The Labute approximate surface area is 70.6 Å². The van der Waals surface area contributed by atoms with Gasteiger partial charge in [0.15, 0.2) is 5.90 Å². The predicted molar refractivity (Wildman–Crippen MR) is 42.0 cm³/mol. The smallest absolute Gasteiger partial charge is 0.349 e. The molecule has 2 aliphatic rings. The molecule has 12 heavy (non-hydrogen) atoms. The third-order valence-electron chi connectivity index (χ3n) is 2.33. The van der Waals surface area contributed by atoms with Crippen LogP contribution >= 0.6 is 0 Å². The molecule has 1 atom stereocenters. The molecule has 0 aromatic heterocycles. The summed E-state index contributed by atoms with van der Waals surface area (Å²) in [4.78, 5) is 15.5. The highest BCUT2D eigenvalue weighted by Gasteiger charge is 2.58. The minimum absolute atomic E-state index is 0.253. The number of carbonyl (C=O) groups excluding carboxylic acids is 1. The van der Waals surface area contributed by atoms with Crippen LogP contribution in [0, 0.1) is 0 Å². The average molecular weight is 169 g/mol. The molecule has 4 heteroatoms. The summed E-state index contributed by atoms with van der Waals surface area (Å²) in [6, 6.07) is 0. The van der Waals surface area contributed by atoms with Gasteiger partial charge in [-0.2, -0.15) is 0 Å². The van der Waals surface area contributed by atoms with E-state index in [1.54, 1.807) is 6.92 Å². The Bertz CT molecular complexity index is 255. The van der Waals surface area contributed by atoms with Crippen LogP contribution in [0.5, 0.6) is 0 Å². The molecule has 0 amide bonds. The van der Waals surface area contributed by atoms with Gasteiger partial charge in [0.05, 0.1) is 7.11 Å². The molecule has 0 aromatic carbocycles. The van der Waals surface area contributed by atoms with Crippen molar-refractivity contribution in [3.63, 3.8) is 0 Å². The van der Waals surface area contributed by atoms with Crippen molar-refractivity contribution in [2.24, 2.45) is 4.99 Å². The lowest BCUT2D eigenvalue weighted by molar-refractivity contribution is -0.149. The van der Waals surface area contributed by atoms with Crippen LogP contribution in [0.25, 0.3) is 0 Å². The first-order valence-electron chi connectivity index (χ1n) is 3.99. The molecule has 1 heterocycles. The number of rotatable bonds is 1. The zero-order chi connectivity index (χ0) is 8.77. The van der Waals surface area contributed by atoms with Crippen molar-refractivity contribution in [2.45, 2.75) is 31.4 Å². The van der Waals surface area contributed by atoms with Gasteiger partial charge in [0.1, 0.15) is 5.54 Å². The molecule has 1 aliphatic heterocycles. The highest BCUT2D eigenvalue weighted by atomic mass is 16.6. The van der Waals surface area contributed by atoms with Gasteiger partial charge in [-0.25, -0.2) is 9.79 Å². The summed E-state index contributed by atoms with van der Waals surface area (Å²) in [5.74, 6) is 0.288.